The van der Waals surface area contributed by atoms with Crippen LogP contribution in [0, 0.1) is 11.3 Å². The molecule has 5 nitrogen and oxygen atoms in total. The van der Waals surface area contributed by atoms with Gasteiger partial charge in [-0.05, 0) is 48.4 Å². The van der Waals surface area contributed by atoms with Gasteiger partial charge >= 0.3 is 6.18 Å². The van der Waals surface area contributed by atoms with E-state index in [1.807, 2.05) is 0 Å². The number of allylic oxidation sites excluding steroid dienone is 1. The number of anilines is 1. The van der Waals surface area contributed by atoms with Crippen molar-refractivity contribution in [1.29, 1.82) is 5.26 Å². The van der Waals surface area contributed by atoms with Gasteiger partial charge in [-0.1, -0.05) is 12.1 Å². The summed E-state index contributed by atoms with van der Waals surface area (Å²) < 4.78 is 43.5. The van der Waals surface area contributed by atoms with Gasteiger partial charge in [-0.2, -0.15) is 18.4 Å². The van der Waals surface area contributed by atoms with E-state index in [9.17, 15) is 28.3 Å². The van der Waals surface area contributed by atoms with Crippen molar-refractivity contribution in [1.82, 2.24) is 0 Å². The van der Waals surface area contributed by atoms with E-state index in [4.69, 9.17) is 4.74 Å². The number of phenols is 1. The molecule has 0 aromatic heterocycles. The van der Waals surface area contributed by atoms with Crippen molar-refractivity contribution in [2.75, 3.05) is 12.4 Å². The Morgan fingerprint density at radius 2 is 2.07 bits per heavy atom. The molecule has 0 aliphatic rings. The first-order valence-electron chi connectivity index (χ1n) is 8.30. The van der Waals surface area contributed by atoms with Crippen LogP contribution in [0.25, 0.3) is 6.08 Å². The highest BCUT2D eigenvalue weighted by atomic mass is 19.4. The number of aromatic hydroxyl groups is 1. The molecule has 0 spiro atoms. The molecule has 2 aromatic rings. The summed E-state index contributed by atoms with van der Waals surface area (Å²) in [6.07, 6.45) is -1.42. The monoisotopic (exact) mass is 402 g/mol. The zero-order valence-electron chi connectivity index (χ0n) is 15.4. The fourth-order valence-corrected chi connectivity index (χ4v) is 2.53. The minimum atomic E-state index is -4.56. The summed E-state index contributed by atoms with van der Waals surface area (Å²) in [6.45, 7) is 3.59. The van der Waals surface area contributed by atoms with E-state index in [-0.39, 0.29) is 22.8 Å². The largest absolute Gasteiger partial charge is 0.504 e. The van der Waals surface area contributed by atoms with Gasteiger partial charge < -0.3 is 15.2 Å². The molecule has 2 N–H and O–H groups in total. The minimum absolute atomic E-state index is 0.0866. The summed E-state index contributed by atoms with van der Waals surface area (Å²) in [7, 11) is 1.35. The topological polar surface area (TPSA) is 82.4 Å². The van der Waals surface area contributed by atoms with Crippen molar-refractivity contribution in [2.24, 2.45) is 0 Å². The van der Waals surface area contributed by atoms with Crippen molar-refractivity contribution < 1.29 is 27.8 Å². The smallest absolute Gasteiger partial charge is 0.416 e. The average Bonchev–Trinajstić information content (AvgIpc) is 2.67. The molecule has 0 radical (unpaired) electrons. The molecule has 0 fully saturated rings. The Morgan fingerprint density at radius 3 is 2.66 bits per heavy atom. The van der Waals surface area contributed by atoms with E-state index in [2.05, 4.69) is 11.9 Å². The number of ether oxygens (including phenoxy) is 1. The SMILES string of the molecule is C=CCc1cc(/C=C(\C#N)C(=O)Nc2cccc(C(F)(F)F)c2)cc(OC)c1O. The molecule has 0 bridgehead atoms. The van der Waals surface area contributed by atoms with Gasteiger partial charge in [-0.3, -0.25) is 4.79 Å². The van der Waals surface area contributed by atoms with Crippen molar-refractivity contribution in [3.63, 3.8) is 0 Å². The summed E-state index contributed by atoms with van der Waals surface area (Å²) >= 11 is 0. The highest BCUT2D eigenvalue weighted by Crippen LogP contribution is 2.33. The van der Waals surface area contributed by atoms with Crippen LogP contribution >= 0.6 is 0 Å². The van der Waals surface area contributed by atoms with Crippen molar-refractivity contribution in [3.8, 4) is 17.6 Å². The number of carbonyl (C=O) groups is 1. The van der Waals surface area contributed by atoms with E-state index in [1.165, 1.54) is 25.3 Å². The van der Waals surface area contributed by atoms with Crippen LogP contribution in [-0.4, -0.2) is 18.1 Å². The number of hydrogen-bond acceptors (Lipinski definition) is 4. The zero-order chi connectivity index (χ0) is 21.6. The lowest BCUT2D eigenvalue weighted by molar-refractivity contribution is -0.137. The van der Waals surface area contributed by atoms with Crippen LogP contribution < -0.4 is 10.1 Å². The maximum atomic E-state index is 12.8. The molecule has 0 unspecified atom stereocenters. The van der Waals surface area contributed by atoms with Crippen LogP contribution in [0.1, 0.15) is 16.7 Å². The van der Waals surface area contributed by atoms with Gasteiger partial charge in [0.05, 0.1) is 12.7 Å². The molecular formula is C21H17F3N2O3. The van der Waals surface area contributed by atoms with E-state index >= 15 is 0 Å². The molecule has 1 amide bonds. The van der Waals surface area contributed by atoms with Crippen molar-refractivity contribution in [3.05, 3.63) is 71.3 Å². The number of phenolic OH excluding ortho intramolecular Hbond substituents is 1. The van der Waals surface area contributed by atoms with E-state index < -0.39 is 17.6 Å². The molecule has 0 heterocycles. The quantitative estimate of drug-likeness (QED) is 0.417. The van der Waals surface area contributed by atoms with Crippen LogP contribution in [0.2, 0.25) is 0 Å². The van der Waals surface area contributed by atoms with Gasteiger partial charge in [0, 0.05) is 11.3 Å². The lowest BCUT2D eigenvalue weighted by Crippen LogP contribution is -2.14. The maximum Gasteiger partial charge on any atom is 0.416 e. The highest BCUT2D eigenvalue weighted by Gasteiger charge is 2.30. The number of nitrogens with one attached hydrogen (secondary N) is 1. The molecule has 0 aliphatic heterocycles. The van der Waals surface area contributed by atoms with Crippen LogP contribution in [-0.2, 0) is 17.4 Å². The lowest BCUT2D eigenvalue weighted by atomic mass is 10.0. The summed E-state index contributed by atoms with van der Waals surface area (Å²) in [5.41, 5.74) is -0.482. The Morgan fingerprint density at radius 1 is 1.34 bits per heavy atom. The number of methoxy groups -OCH3 is 1. The fraction of sp³-hybridized carbons (Fsp3) is 0.143. The minimum Gasteiger partial charge on any atom is -0.504 e. The van der Waals surface area contributed by atoms with Gasteiger partial charge in [0.25, 0.3) is 5.91 Å². The number of amides is 1. The van der Waals surface area contributed by atoms with Crippen molar-refractivity contribution in [2.45, 2.75) is 12.6 Å². The molecule has 2 aromatic carbocycles. The second kappa shape index (κ2) is 8.97. The molecule has 0 saturated carbocycles. The van der Waals surface area contributed by atoms with Gasteiger partial charge in [-0.25, -0.2) is 0 Å². The predicted octanol–water partition coefficient (Wildman–Crippen LogP) is 4.69. The molecule has 0 aliphatic carbocycles. The van der Waals surface area contributed by atoms with Crippen LogP contribution in [0.4, 0.5) is 18.9 Å². The molecule has 8 heteroatoms. The van der Waals surface area contributed by atoms with Gasteiger partial charge in [0.15, 0.2) is 11.5 Å². The Kier molecular flexibility index (Phi) is 6.67. The summed E-state index contributed by atoms with van der Waals surface area (Å²) in [5.74, 6) is -0.813. The number of rotatable bonds is 6. The number of halogens is 3. The first kappa shape index (κ1) is 21.6. The third kappa shape index (κ3) is 5.39. The maximum absolute atomic E-state index is 12.8. The van der Waals surface area contributed by atoms with E-state index in [0.717, 1.165) is 18.2 Å². The number of carbonyl (C=O) groups excluding carboxylic acids is 1. The first-order chi connectivity index (χ1) is 13.7. The standard InChI is InChI=1S/C21H17F3N2O3/c1-3-5-14-8-13(10-18(29-2)19(14)27)9-15(12-25)20(28)26-17-7-4-6-16(11-17)21(22,23)24/h3-4,6-11,27H,1,5H2,2H3,(H,26,28)/b15-9+. The van der Waals surface area contributed by atoms with Crippen LogP contribution in [0.3, 0.4) is 0 Å². The number of alkyl halides is 3. The van der Waals surface area contributed by atoms with Crippen molar-refractivity contribution >= 4 is 17.7 Å². The third-order valence-corrected chi connectivity index (χ3v) is 3.88. The van der Waals surface area contributed by atoms with Gasteiger partial charge in [0.1, 0.15) is 11.6 Å². The molecule has 150 valence electrons. The number of nitrogens with zero attached hydrogens (tertiary/aromatic N) is 1. The lowest BCUT2D eigenvalue weighted by Gasteiger charge is -2.11. The first-order valence-corrected chi connectivity index (χ1v) is 8.30. The fourth-order valence-electron chi connectivity index (χ4n) is 2.53. The molecular weight excluding hydrogens is 385 g/mol. The zero-order valence-corrected chi connectivity index (χ0v) is 15.4. The van der Waals surface area contributed by atoms with E-state index in [1.54, 1.807) is 18.2 Å². The molecule has 29 heavy (non-hydrogen) atoms. The predicted molar refractivity (Wildman–Crippen MR) is 102 cm³/mol. The highest BCUT2D eigenvalue weighted by molar-refractivity contribution is 6.09. The number of hydrogen-bond donors (Lipinski definition) is 2. The van der Waals surface area contributed by atoms with Gasteiger partial charge in [-0.15, -0.1) is 6.58 Å². The molecule has 2 rings (SSSR count). The van der Waals surface area contributed by atoms with E-state index in [0.29, 0.717) is 17.5 Å². The second-order valence-electron chi connectivity index (χ2n) is 5.93. The Balaban J connectivity index is 2.35. The summed E-state index contributed by atoms with van der Waals surface area (Å²) in [6, 6.07) is 8.79. The molecule has 0 saturated heterocycles. The summed E-state index contributed by atoms with van der Waals surface area (Å²) in [5, 5.41) is 21.7. The third-order valence-electron chi connectivity index (χ3n) is 3.88. The number of benzene rings is 2. The Hall–Kier alpha value is -3.73. The molecule has 0 atom stereocenters. The van der Waals surface area contributed by atoms with Crippen LogP contribution in [0.15, 0.2) is 54.6 Å². The normalized spacial score (nSPS) is 11.5. The number of nitriles is 1. The second-order valence-corrected chi connectivity index (χ2v) is 5.93. The van der Waals surface area contributed by atoms with Gasteiger partial charge in [0.2, 0.25) is 0 Å². The Labute approximate surface area is 165 Å². The average molecular weight is 402 g/mol. The summed E-state index contributed by atoms with van der Waals surface area (Å²) in [4.78, 5) is 12.4. The Bertz CT molecular complexity index is 1010. The van der Waals surface area contributed by atoms with Crippen LogP contribution in [0.5, 0.6) is 11.5 Å².